The van der Waals surface area contributed by atoms with Crippen molar-refractivity contribution in [3.8, 4) is 0 Å². The van der Waals surface area contributed by atoms with Crippen LogP contribution in [0.15, 0.2) is 42.6 Å². The van der Waals surface area contributed by atoms with E-state index in [1.807, 2.05) is 63.2 Å². The first-order chi connectivity index (χ1) is 9.99. The van der Waals surface area contributed by atoms with Gasteiger partial charge in [0.05, 0.1) is 11.6 Å². The number of anilines is 1. The number of aryl methyl sites for hydroxylation is 1. The van der Waals surface area contributed by atoms with Gasteiger partial charge in [0.1, 0.15) is 5.82 Å². The number of aromatic nitrogens is 1. The largest absolute Gasteiger partial charge is 0.363 e. The highest BCUT2D eigenvalue weighted by Crippen LogP contribution is 2.17. The van der Waals surface area contributed by atoms with Gasteiger partial charge in [0, 0.05) is 20.3 Å². The van der Waals surface area contributed by atoms with Crippen LogP contribution in [0.1, 0.15) is 34.5 Å². The molecule has 0 bridgehead atoms. The predicted octanol–water partition coefficient (Wildman–Crippen LogP) is 2.95. The molecule has 0 saturated heterocycles. The molecule has 1 aromatic heterocycles. The number of pyridine rings is 1. The molecule has 1 heterocycles. The Balaban J connectivity index is 2.09. The molecule has 110 valence electrons. The van der Waals surface area contributed by atoms with Crippen LogP contribution in [0.3, 0.4) is 0 Å². The Morgan fingerprint density at radius 2 is 1.90 bits per heavy atom. The van der Waals surface area contributed by atoms with Gasteiger partial charge in [-0.25, -0.2) is 4.98 Å². The molecule has 0 radical (unpaired) electrons. The minimum atomic E-state index is -0.108. The van der Waals surface area contributed by atoms with E-state index in [1.54, 1.807) is 12.3 Å². The SMILES string of the molecule is Cc1ccccc1[C@H](C)NC(=O)c1ccc(N(C)C)nc1. The van der Waals surface area contributed by atoms with Gasteiger partial charge in [-0.05, 0) is 37.1 Å². The van der Waals surface area contributed by atoms with E-state index in [0.717, 1.165) is 11.4 Å². The number of carbonyl (C=O) groups excluding carboxylic acids is 1. The molecule has 1 aromatic carbocycles. The molecule has 0 unspecified atom stereocenters. The second-order valence-electron chi connectivity index (χ2n) is 5.35. The Morgan fingerprint density at radius 3 is 2.48 bits per heavy atom. The van der Waals surface area contributed by atoms with Crippen molar-refractivity contribution in [2.24, 2.45) is 0 Å². The summed E-state index contributed by atoms with van der Waals surface area (Å²) in [5.41, 5.74) is 2.87. The number of rotatable bonds is 4. The first-order valence-corrected chi connectivity index (χ1v) is 6.99. The number of nitrogens with one attached hydrogen (secondary N) is 1. The van der Waals surface area contributed by atoms with Gasteiger partial charge in [-0.15, -0.1) is 0 Å². The lowest BCUT2D eigenvalue weighted by atomic mass is 10.0. The van der Waals surface area contributed by atoms with E-state index in [2.05, 4.69) is 10.3 Å². The smallest absolute Gasteiger partial charge is 0.253 e. The second-order valence-corrected chi connectivity index (χ2v) is 5.35. The van der Waals surface area contributed by atoms with Crippen molar-refractivity contribution in [3.63, 3.8) is 0 Å². The third-order valence-electron chi connectivity index (χ3n) is 3.47. The Hall–Kier alpha value is -2.36. The summed E-state index contributed by atoms with van der Waals surface area (Å²) in [6.45, 7) is 4.03. The number of nitrogens with zero attached hydrogens (tertiary/aromatic N) is 2. The summed E-state index contributed by atoms with van der Waals surface area (Å²) in [5.74, 6) is 0.724. The molecular formula is C17H21N3O. The zero-order valence-electron chi connectivity index (χ0n) is 12.9. The topological polar surface area (TPSA) is 45.2 Å². The molecular weight excluding hydrogens is 262 g/mol. The van der Waals surface area contributed by atoms with Crippen LogP contribution in [0.25, 0.3) is 0 Å². The molecule has 1 N–H and O–H groups in total. The molecule has 1 atom stereocenters. The summed E-state index contributed by atoms with van der Waals surface area (Å²) in [5, 5.41) is 3.01. The zero-order valence-corrected chi connectivity index (χ0v) is 12.9. The van der Waals surface area contributed by atoms with Crippen molar-refractivity contribution >= 4 is 11.7 Å². The molecule has 4 heteroatoms. The summed E-state index contributed by atoms with van der Waals surface area (Å²) in [6.07, 6.45) is 1.61. The van der Waals surface area contributed by atoms with Crippen molar-refractivity contribution in [2.45, 2.75) is 19.9 Å². The molecule has 2 aromatic rings. The van der Waals surface area contributed by atoms with Gasteiger partial charge >= 0.3 is 0 Å². The average Bonchev–Trinajstić information content (AvgIpc) is 2.47. The zero-order chi connectivity index (χ0) is 15.4. The summed E-state index contributed by atoms with van der Waals surface area (Å²) >= 11 is 0. The lowest BCUT2D eigenvalue weighted by Crippen LogP contribution is -2.27. The van der Waals surface area contributed by atoms with Gasteiger partial charge < -0.3 is 10.2 Å². The monoisotopic (exact) mass is 283 g/mol. The first kappa shape index (κ1) is 15.0. The highest BCUT2D eigenvalue weighted by Gasteiger charge is 2.13. The molecule has 0 saturated carbocycles. The van der Waals surface area contributed by atoms with Gasteiger partial charge in [0.15, 0.2) is 0 Å². The molecule has 0 aliphatic rings. The van der Waals surface area contributed by atoms with Gasteiger partial charge in [0.25, 0.3) is 5.91 Å². The Bertz CT molecular complexity index is 620. The van der Waals surface area contributed by atoms with E-state index < -0.39 is 0 Å². The van der Waals surface area contributed by atoms with Gasteiger partial charge in [-0.3, -0.25) is 4.79 Å². The maximum atomic E-state index is 12.3. The summed E-state index contributed by atoms with van der Waals surface area (Å²) in [7, 11) is 3.84. The Morgan fingerprint density at radius 1 is 1.19 bits per heavy atom. The Labute approximate surface area is 125 Å². The second kappa shape index (κ2) is 6.39. The minimum absolute atomic E-state index is 0.0350. The molecule has 21 heavy (non-hydrogen) atoms. The van der Waals surface area contributed by atoms with Crippen LogP contribution in [0, 0.1) is 6.92 Å². The number of hydrogen-bond acceptors (Lipinski definition) is 3. The van der Waals surface area contributed by atoms with E-state index in [4.69, 9.17) is 0 Å². The number of carbonyl (C=O) groups is 1. The normalized spacial score (nSPS) is 11.8. The highest BCUT2D eigenvalue weighted by atomic mass is 16.1. The number of hydrogen-bond donors (Lipinski definition) is 1. The summed E-state index contributed by atoms with van der Waals surface area (Å²) < 4.78 is 0. The fraction of sp³-hybridized carbons (Fsp3) is 0.294. The highest BCUT2D eigenvalue weighted by molar-refractivity contribution is 5.94. The molecule has 0 spiro atoms. The van der Waals surface area contributed by atoms with Crippen molar-refractivity contribution in [1.29, 1.82) is 0 Å². The Kier molecular flexibility index (Phi) is 4.58. The summed E-state index contributed by atoms with van der Waals surface area (Å²) in [6, 6.07) is 11.7. The molecule has 0 aliphatic carbocycles. The minimum Gasteiger partial charge on any atom is -0.363 e. The van der Waals surface area contributed by atoms with E-state index in [-0.39, 0.29) is 11.9 Å². The quantitative estimate of drug-likeness (QED) is 0.938. The van der Waals surface area contributed by atoms with Crippen molar-refractivity contribution in [3.05, 3.63) is 59.3 Å². The van der Waals surface area contributed by atoms with E-state index in [9.17, 15) is 4.79 Å². The molecule has 0 aliphatic heterocycles. The van der Waals surface area contributed by atoms with E-state index in [1.165, 1.54) is 5.56 Å². The fourth-order valence-corrected chi connectivity index (χ4v) is 2.22. The van der Waals surface area contributed by atoms with Crippen molar-refractivity contribution < 1.29 is 4.79 Å². The van der Waals surface area contributed by atoms with Crippen LogP contribution in [-0.2, 0) is 0 Å². The summed E-state index contributed by atoms with van der Waals surface area (Å²) in [4.78, 5) is 18.4. The maximum Gasteiger partial charge on any atom is 0.253 e. The van der Waals surface area contributed by atoms with Gasteiger partial charge in [-0.1, -0.05) is 24.3 Å². The molecule has 0 fully saturated rings. The van der Waals surface area contributed by atoms with Crippen LogP contribution < -0.4 is 10.2 Å². The van der Waals surface area contributed by atoms with Crippen LogP contribution in [0.5, 0.6) is 0 Å². The fourth-order valence-electron chi connectivity index (χ4n) is 2.22. The van der Waals surface area contributed by atoms with Gasteiger partial charge in [-0.2, -0.15) is 0 Å². The van der Waals surface area contributed by atoms with E-state index >= 15 is 0 Å². The molecule has 2 rings (SSSR count). The van der Waals surface area contributed by atoms with Crippen LogP contribution >= 0.6 is 0 Å². The van der Waals surface area contributed by atoms with E-state index in [0.29, 0.717) is 5.56 Å². The average molecular weight is 283 g/mol. The third kappa shape index (κ3) is 3.60. The third-order valence-corrected chi connectivity index (χ3v) is 3.47. The van der Waals surface area contributed by atoms with Crippen LogP contribution in [0.2, 0.25) is 0 Å². The van der Waals surface area contributed by atoms with Crippen molar-refractivity contribution in [1.82, 2.24) is 10.3 Å². The van der Waals surface area contributed by atoms with Crippen LogP contribution in [0.4, 0.5) is 5.82 Å². The molecule has 4 nitrogen and oxygen atoms in total. The maximum absolute atomic E-state index is 12.3. The lowest BCUT2D eigenvalue weighted by molar-refractivity contribution is 0.0939. The molecule has 1 amide bonds. The lowest BCUT2D eigenvalue weighted by Gasteiger charge is -2.17. The number of amides is 1. The van der Waals surface area contributed by atoms with Crippen LogP contribution in [-0.4, -0.2) is 25.0 Å². The van der Waals surface area contributed by atoms with Crippen molar-refractivity contribution in [2.75, 3.05) is 19.0 Å². The standard InChI is InChI=1S/C17H21N3O/c1-12-7-5-6-8-15(12)13(2)19-17(21)14-9-10-16(18-11-14)20(3)4/h5-11,13H,1-4H3,(H,19,21)/t13-/m0/s1. The first-order valence-electron chi connectivity index (χ1n) is 6.99. The number of benzene rings is 1. The predicted molar refractivity (Wildman–Crippen MR) is 85.6 cm³/mol. The van der Waals surface area contributed by atoms with Gasteiger partial charge in [0.2, 0.25) is 0 Å².